The zero-order chi connectivity index (χ0) is 25.8. The van der Waals surface area contributed by atoms with Crippen molar-refractivity contribution < 1.29 is 14.7 Å². The van der Waals surface area contributed by atoms with Gasteiger partial charge in [-0.2, -0.15) is 0 Å². The molecule has 0 fully saturated rings. The molecule has 8 heteroatoms. The number of aliphatic carboxylic acids is 1. The SMILES string of the molecule is CCCCCn1c(-c2ccc(SC(C)(C)C(=O)O)cc2)nc(C(=O)Nc2cc(Cl)ccc2C)c1C. The van der Waals surface area contributed by atoms with Gasteiger partial charge in [0.25, 0.3) is 5.91 Å². The van der Waals surface area contributed by atoms with Gasteiger partial charge in [-0.05, 0) is 63.9 Å². The van der Waals surface area contributed by atoms with Gasteiger partial charge in [0, 0.05) is 33.4 Å². The molecule has 1 amide bonds. The Hall–Kier alpha value is -2.77. The molecule has 3 rings (SSSR count). The Bertz CT molecular complexity index is 1220. The second-order valence-electron chi connectivity index (χ2n) is 9.08. The van der Waals surface area contributed by atoms with Gasteiger partial charge in [0.1, 0.15) is 16.3 Å². The van der Waals surface area contributed by atoms with Crippen molar-refractivity contribution in [1.82, 2.24) is 9.55 Å². The monoisotopic (exact) mass is 513 g/mol. The Morgan fingerprint density at radius 3 is 2.43 bits per heavy atom. The van der Waals surface area contributed by atoms with Crippen molar-refractivity contribution in [3.8, 4) is 11.4 Å². The highest BCUT2D eigenvalue weighted by atomic mass is 35.5. The van der Waals surface area contributed by atoms with Gasteiger partial charge in [0.05, 0.1) is 0 Å². The number of nitrogens with zero attached hydrogens (tertiary/aromatic N) is 2. The molecule has 0 aliphatic carbocycles. The van der Waals surface area contributed by atoms with Gasteiger partial charge in [0.15, 0.2) is 0 Å². The minimum atomic E-state index is -0.930. The van der Waals surface area contributed by atoms with E-state index in [1.165, 1.54) is 11.8 Å². The van der Waals surface area contributed by atoms with E-state index in [2.05, 4.69) is 16.8 Å². The number of aromatic nitrogens is 2. The fraction of sp³-hybridized carbons (Fsp3) is 0.370. The Labute approximate surface area is 216 Å². The average Bonchev–Trinajstić information content (AvgIpc) is 3.13. The molecule has 6 nitrogen and oxygen atoms in total. The van der Waals surface area contributed by atoms with Crippen LogP contribution in [0.2, 0.25) is 5.02 Å². The van der Waals surface area contributed by atoms with Crippen LogP contribution >= 0.6 is 23.4 Å². The number of carboxylic acid groups (broad SMARTS) is 1. The molecule has 0 saturated heterocycles. The standard InChI is InChI=1S/C27H32ClN3O3S/c1-6-7-8-15-31-18(3)23(25(32)29-22-16-20(28)12-9-17(22)2)30-24(31)19-10-13-21(14-11-19)35-27(4,5)26(33)34/h9-14,16H,6-8,15H2,1-5H3,(H,29,32)(H,33,34). The zero-order valence-electron chi connectivity index (χ0n) is 20.8. The maximum Gasteiger partial charge on any atom is 0.319 e. The van der Waals surface area contributed by atoms with Crippen molar-refractivity contribution in [1.29, 1.82) is 0 Å². The number of carboxylic acids is 1. The molecule has 0 bridgehead atoms. The van der Waals surface area contributed by atoms with Gasteiger partial charge < -0.3 is 15.0 Å². The van der Waals surface area contributed by atoms with Crippen LogP contribution in [0.25, 0.3) is 11.4 Å². The molecular formula is C27H32ClN3O3S. The maximum absolute atomic E-state index is 13.2. The molecule has 0 aliphatic heterocycles. The number of benzene rings is 2. The summed E-state index contributed by atoms with van der Waals surface area (Å²) in [7, 11) is 0. The van der Waals surface area contributed by atoms with Crippen LogP contribution in [0.5, 0.6) is 0 Å². The van der Waals surface area contributed by atoms with Gasteiger partial charge in [-0.1, -0.05) is 49.6 Å². The van der Waals surface area contributed by atoms with Gasteiger partial charge in [-0.3, -0.25) is 9.59 Å². The summed E-state index contributed by atoms with van der Waals surface area (Å²) in [5, 5.41) is 12.9. The summed E-state index contributed by atoms with van der Waals surface area (Å²) in [6.07, 6.45) is 3.16. The van der Waals surface area contributed by atoms with Gasteiger partial charge in [-0.25, -0.2) is 4.98 Å². The molecule has 0 radical (unpaired) electrons. The summed E-state index contributed by atoms with van der Waals surface area (Å²) in [6.45, 7) is 10.1. The lowest BCUT2D eigenvalue weighted by atomic mass is 10.2. The zero-order valence-corrected chi connectivity index (χ0v) is 22.4. The summed E-state index contributed by atoms with van der Waals surface area (Å²) in [6, 6.07) is 13.1. The van der Waals surface area contributed by atoms with Crippen LogP contribution in [0.3, 0.4) is 0 Å². The topological polar surface area (TPSA) is 84.2 Å². The number of imidazole rings is 1. The molecule has 1 aromatic heterocycles. The lowest BCUT2D eigenvalue weighted by molar-refractivity contribution is -0.138. The van der Waals surface area contributed by atoms with Crippen molar-refractivity contribution in [3.63, 3.8) is 0 Å². The number of aryl methyl sites for hydroxylation is 1. The minimum absolute atomic E-state index is 0.279. The Kier molecular flexibility index (Phi) is 8.67. The lowest BCUT2D eigenvalue weighted by Crippen LogP contribution is -2.26. The van der Waals surface area contributed by atoms with Crippen LogP contribution in [0, 0.1) is 13.8 Å². The van der Waals surface area contributed by atoms with Crippen LogP contribution in [0.4, 0.5) is 5.69 Å². The van der Waals surface area contributed by atoms with E-state index in [1.54, 1.807) is 26.0 Å². The van der Waals surface area contributed by atoms with E-state index in [9.17, 15) is 14.7 Å². The van der Waals surface area contributed by atoms with E-state index in [-0.39, 0.29) is 5.91 Å². The molecule has 1 heterocycles. The molecule has 0 spiro atoms. The quantitative estimate of drug-likeness (QED) is 0.221. The Morgan fingerprint density at radius 1 is 1.11 bits per heavy atom. The first-order valence-corrected chi connectivity index (χ1v) is 12.9. The van der Waals surface area contributed by atoms with Crippen molar-refractivity contribution in [3.05, 3.63) is 64.4 Å². The number of amides is 1. The summed E-state index contributed by atoms with van der Waals surface area (Å²) in [5.41, 5.74) is 3.63. The first-order valence-electron chi connectivity index (χ1n) is 11.7. The van der Waals surface area contributed by atoms with Crippen LogP contribution in [-0.2, 0) is 11.3 Å². The van der Waals surface area contributed by atoms with Crippen molar-refractivity contribution in [2.24, 2.45) is 0 Å². The molecule has 186 valence electrons. The summed E-state index contributed by atoms with van der Waals surface area (Å²) >= 11 is 7.42. The molecule has 0 saturated carbocycles. The highest BCUT2D eigenvalue weighted by Crippen LogP contribution is 2.34. The minimum Gasteiger partial charge on any atom is -0.480 e. The number of hydrogen-bond acceptors (Lipinski definition) is 4. The molecule has 0 unspecified atom stereocenters. The van der Waals surface area contributed by atoms with E-state index in [1.807, 2.05) is 44.2 Å². The number of hydrogen-bond donors (Lipinski definition) is 2. The predicted octanol–water partition coefficient (Wildman–Crippen LogP) is 7.22. The smallest absolute Gasteiger partial charge is 0.319 e. The molecule has 35 heavy (non-hydrogen) atoms. The van der Waals surface area contributed by atoms with E-state index in [0.717, 1.165) is 53.3 Å². The fourth-order valence-electron chi connectivity index (χ4n) is 3.68. The number of unbranched alkanes of at least 4 members (excludes halogenated alkanes) is 2. The Morgan fingerprint density at radius 2 is 1.80 bits per heavy atom. The van der Waals surface area contributed by atoms with Crippen LogP contribution in [0.15, 0.2) is 47.4 Å². The number of halogens is 1. The van der Waals surface area contributed by atoms with E-state index >= 15 is 0 Å². The maximum atomic E-state index is 13.2. The van der Waals surface area contributed by atoms with Gasteiger partial charge in [0.2, 0.25) is 0 Å². The highest BCUT2D eigenvalue weighted by molar-refractivity contribution is 8.01. The van der Waals surface area contributed by atoms with Crippen LogP contribution in [-0.4, -0.2) is 31.3 Å². The molecule has 2 aromatic carbocycles. The molecule has 0 atom stereocenters. The average molecular weight is 514 g/mol. The molecule has 3 aromatic rings. The third-order valence-electron chi connectivity index (χ3n) is 5.87. The number of carbonyl (C=O) groups excluding carboxylic acids is 1. The first-order chi connectivity index (χ1) is 16.5. The Balaban J connectivity index is 1.94. The van der Waals surface area contributed by atoms with E-state index in [4.69, 9.17) is 16.6 Å². The second-order valence-corrected chi connectivity index (χ2v) is 11.2. The second kappa shape index (κ2) is 11.3. The van der Waals surface area contributed by atoms with Gasteiger partial charge in [-0.15, -0.1) is 11.8 Å². The number of rotatable bonds is 10. The van der Waals surface area contributed by atoms with Crippen molar-refractivity contribution >= 4 is 40.9 Å². The number of carbonyl (C=O) groups is 2. The van der Waals surface area contributed by atoms with Crippen LogP contribution in [0.1, 0.15) is 61.8 Å². The predicted molar refractivity (Wildman–Crippen MR) is 144 cm³/mol. The summed E-state index contributed by atoms with van der Waals surface area (Å²) in [5.74, 6) is -0.418. The third kappa shape index (κ3) is 6.47. The van der Waals surface area contributed by atoms with E-state index in [0.29, 0.717) is 16.4 Å². The normalized spacial score (nSPS) is 11.5. The van der Waals surface area contributed by atoms with Crippen LogP contribution < -0.4 is 5.32 Å². The number of anilines is 1. The molecular weight excluding hydrogens is 482 g/mol. The van der Waals surface area contributed by atoms with Crippen molar-refractivity contribution in [2.45, 2.75) is 70.1 Å². The van der Waals surface area contributed by atoms with Crippen molar-refractivity contribution in [2.75, 3.05) is 5.32 Å². The fourth-order valence-corrected chi connectivity index (χ4v) is 4.80. The highest BCUT2D eigenvalue weighted by Gasteiger charge is 2.28. The van der Waals surface area contributed by atoms with E-state index < -0.39 is 10.7 Å². The summed E-state index contributed by atoms with van der Waals surface area (Å²) in [4.78, 5) is 30.3. The molecule has 0 aliphatic rings. The third-order valence-corrected chi connectivity index (χ3v) is 7.30. The first kappa shape index (κ1) is 26.8. The largest absolute Gasteiger partial charge is 0.480 e. The summed E-state index contributed by atoms with van der Waals surface area (Å²) < 4.78 is 1.17. The molecule has 2 N–H and O–H groups in total. The lowest BCUT2D eigenvalue weighted by Gasteiger charge is -2.18. The number of nitrogens with one attached hydrogen (secondary N) is 1. The van der Waals surface area contributed by atoms with Gasteiger partial charge >= 0.3 is 5.97 Å². The number of thioether (sulfide) groups is 1.